The SMILES string of the molecule is CCN(CC)C(=O)NCC1CCC(N)CC1. The van der Waals surface area contributed by atoms with Crippen molar-refractivity contribution >= 4 is 6.03 Å². The van der Waals surface area contributed by atoms with E-state index in [0.717, 1.165) is 45.3 Å². The summed E-state index contributed by atoms with van der Waals surface area (Å²) >= 11 is 0. The number of carbonyl (C=O) groups is 1. The van der Waals surface area contributed by atoms with Gasteiger partial charge in [-0.1, -0.05) is 0 Å². The minimum atomic E-state index is 0.0693. The van der Waals surface area contributed by atoms with E-state index in [1.165, 1.54) is 0 Å². The Morgan fingerprint density at radius 3 is 2.31 bits per heavy atom. The van der Waals surface area contributed by atoms with Gasteiger partial charge >= 0.3 is 6.03 Å². The minimum absolute atomic E-state index is 0.0693. The third kappa shape index (κ3) is 4.00. The molecule has 0 unspecified atom stereocenters. The molecule has 4 nitrogen and oxygen atoms in total. The Morgan fingerprint density at radius 2 is 1.81 bits per heavy atom. The summed E-state index contributed by atoms with van der Waals surface area (Å²) in [6.07, 6.45) is 4.51. The molecule has 0 heterocycles. The van der Waals surface area contributed by atoms with Gasteiger partial charge in [-0.25, -0.2) is 4.79 Å². The second kappa shape index (κ2) is 6.74. The molecular formula is C12H25N3O. The Balaban J connectivity index is 2.21. The fourth-order valence-corrected chi connectivity index (χ4v) is 2.25. The van der Waals surface area contributed by atoms with Gasteiger partial charge in [0.2, 0.25) is 0 Å². The fraction of sp³-hybridized carbons (Fsp3) is 0.917. The molecule has 1 rings (SSSR count). The van der Waals surface area contributed by atoms with Gasteiger partial charge < -0.3 is 16.0 Å². The summed E-state index contributed by atoms with van der Waals surface area (Å²) in [6, 6.07) is 0.453. The number of nitrogens with two attached hydrogens (primary N) is 1. The average Bonchev–Trinajstić information content (AvgIpc) is 2.30. The van der Waals surface area contributed by atoms with Gasteiger partial charge in [0.1, 0.15) is 0 Å². The molecule has 1 aliphatic carbocycles. The first-order chi connectivity index (χ1) is 7.67. The van der Waals surface area contributed by atoms with Crippen LogP contribution in [-0.2, 0) is 0 Å². The van der Waals surface area contributed by atoms with Crippen LogP contribution in [0.3, 0.4) is 0 Å². The Labute approximate surface area is 98.6 Å². The molecule has 0 radical (unpaired) electrons. The highest BCUT2D eigenvalue weighted by molar-refractivity contribution is 5.74. The van der Waals surface area contributed by atoms with Crippen LogP contribution in [0.5, 0.6) is 0 Å². The summed E-state index contributed by atoms with van der Waals surface area (Å²) in [7, 11) is 0. The molecule has 1 saturated carbocycles. The predicted octanol–water partition coefficient (Wildman–Crippen LogP) is 1.56. The zero-order valence-corrected chi connectivity index (χ0v) is 10.5. The van der Waals surface area contributed by atoms with Crippen molar-refractivity contribution in [2.45, 2.75) is 45.6 Å². The highest BCUT2D eigenvalue weighted by Gasteiger charge is 2.19. The van der Waals surface area contributed by atoms with Crippen molar-refractivity contribution < 1.29 is 4.79 Å². The molecule has 1 fully saturated rings. The van der Waals surface area contributed by atoms with E-state index < -0.39 is 0 Å². The number of nitrogens with zero attached hydrogens (tertiary/aromatic N) is 1. The van der Waals surface area contributed by atoms with Gasteiger partial charge in [-0.05, 0) is 45.4 Å². The predicted molar refractivity (Wildman–Crippen MR) is 66.3 cm³/mol. The second-order valence-electron chi connectivity index (χ2n) is 4.64. The lowest BCUT2D eigenvalue weighted by Gasteiger charge is -2.27. The maximum Gasteiger partial charge on any atom is 0.317 e. The van der Waals surface area contributed by atoms with Gasteiger partial charge in [0.15, 0.2) is 0 Å². The summed E-state index contributed by atoms with van der Waals surface area (Å²) < 4.78 is 0. The van der Waals surface area contributed by atoms with Crippen LogP contribution in [0.25, 0.3) is 0 Å². The first kappa shape index (κ1) is 13.3. The number of rotatable bonds is 4. The highest BCUT2D eigenvalue weighted by atomic mass is 16.2. The lowest BCUT2D eigenvalue weighted by atomic mass is 9.86. The van der Waals surface area contributed by atoms with Crippen LogP contribution in [0.4, 0.5) is 4.79 Å². The normalized spacial score (nSPS) is 25.2. The highest BCUT2D eigenvalue weighted by Crippen LogP contribution is 2.22. The molecule has 0 atom stereocenters. The molecule has 0 aromatic heterocycles. The van der Waals surface area contributed by atoms with Gasteiger partial charge in [0, 0.05) is 25.7 Å². The monoisotopic (exact) mass is 227 g/mol. The molecular weight excluding hydrogens is 202 g/mol. The van der Waals surface area contributed by atoms with E-state index in [1.54, 1.807) is 0 Å². The zero-order valence-electron chi connectivity index (χ0n) is 10.5. The molecule has 0 aromatic carbocycles. The molecule has 0 aliphatic heterocycles. The minimum Gasteiger partial charge on any atom is -0.338 e. The Hall–Kier alpha value is -0.770. The molecule has 0 aromatic rings. The maximum atomic E-state index is 11.7. The van der Waals surface area contributed by atoms with Crippen LogP contribution in [-0.4, -0.2) is 36.6 Å². The molecule has 1 aliphatic rings. The molecule has 0 saturated heterocycles. The smallest absolute Gasteiger partial charge is 0.317 e. The first-order valence-corrected chi connectivity index (χ1v) is 6.45. The fourth-order valence-electron chi connectivity index (χ4n) is 2.25. The van der Waals surface area contributed by atoms with Crippen molar-refractivity contribution in [2.24, 2.45) is 11.7 Å². The molecule has 0 bridgehead atoms. The van der Waals surface area contributed by atoms with Crippen LogP contribution >= 0.6 is 0 Å². The van der Waals surface area contributed by atoms with E-state index in [1.807, 2.05) is 18.7 Å². The van der Waals surface area contributed by atoms with Crippen molar-refractivity contribution in [3.05, 3.63) is 0 Å². The number of carbonyl (C=O) groups excluding carboxylic acids is 1. The van der Waals surface area contributed by atoms with Crippen molar-refractivity contribution in [3.63, 3.8) is 0 Å². The van der Waals surface area contributed by atoms with Gasteiger partial charge in [-0.15, -0.1) is 0 Å². The van der Waals surface area contributed by atoms with Crippen molar-refractivity contribution in [1.29, 1.82) is 0 Å². The lowest BCUT2D eigenvalue weighted by Crippen LogP contribution is -2.42. The van der Waals surface area contributed by atoms with E-state index >= 15 is 0 Å². The van der Waals surface area contributed by atoms with Crippen LogP contribution < -0.4 is 11.1 Å². The lowest BCUT2D eigenvalue weighted by molar-refractivity contribution is 0.198. The number of hydrogen-bond donors (Lipinski definition) is 2. The van der Waals surface area contributed by atoms with E-state index in [4.69, 9.17) is 5.73 Å². The summed E-state index contributed by atoms with van der Waals surface area (Å²) in [6.45, 7) is 6.36. The standard InChI is InChI=1S/C12H25N3O/c1-3-15(4-2)12(16)14-9-10-5-7-11(13)8-6-10/h10-11H,3-9,13H2,1-2H3,(H,14,16). The largest absolute Gasteiger partial charge is 0.338 e. The summed E-state index contributed by atoms with van der Waals surface area (Å²) in [4.78, 5) is 13.5. The Bertz CT molecular complexity index is 208. The van der Waals surface area contributed by atoms with E-state index in [9.17, 15) is 4.79 Å². The van der Waals surface area contributed by atoms with Gasteiger partial charge in [-0.3, -0.25) is 0 Å². The average molecular weight is 227 g/mol. The first-order valence-electron chi connectivity index (χ1n) is 6.45. The molecule has 4 heteroatoms. The quantitative estimate of drug-likeness (QED) is 0.765. The molecule has 2 amide bonds. The molecule has 3 N–H and O–H groups in total. The van der Waals surface area contributed by atoms with Gasteiger partial charge in [-0.2, -0.15) is 0 Å². The third-order valence-corrected chi connectivity index (χ3v) is 3.48. The topological polar surface area (TPSA) is 58.4 Å². The third-order valence-electron chi connectivity index (χ3n) is 3.48. The Kier molecular flexibility index (Phi) is 5.60. The number of amides is 2. The molecule has 94 valence electrons. The molecule has 0 spiro atoms. The number of urea groups is 1. The van der Waals surface area contributed by atoms with Gasteiger partial charge in [0.05, 0.1) is 0 Å². The molecule has 16 heavy (non-hydrogen) atoms. The summed E-state index contributed by atoms with van der Waals surface area (Å²) in [5, 5.41) is 3.02. The van der Waals surface area contributed by atoms with E-state index in [0.29, 0.717) is 12.0 Å². The van der Waals surface area contributed by atoms with Crippen molar-refractivity contribution in [2.75, 3.05) is 19.6 Å². The van der Waals surface area contributed by atoms with Crippen LogP contribution in [0.1, 0.15) is 39.5 Å². The van der Waals surface area contributed by atoms with Gasteiger partial charge in [0.25, 0.3) is 0 Å². The van der Waals surface area contributed by atoms with Crippen LogP contribution in [0.2, 0.25) is 0 Å². The van der Waals surface area contributed by atoms with Crippen molar-refractivity contribution in [3.8, 4) is 0 Å². The second-order valence-corrected chi connectivity index (χ2v) is 4.64. The summed E-state index contributed by atoms with van der Waals surface area (Å²) in [5.74, 6) is 0.624. The zero-order chi connectivity index (χ0) is 12.0. The maximum absolute atomic E-state index is 11.7. The van der Waals surface area contributed by atoms with Crippen molar-refractivity contribution in [1.82, 2.24) is 10.2 Å². The Morgan fingerprint density at radius 1 is 1.25 bits per heavy atom. The number of nitrogens with one attached hydrogen (secondary N) is 1. The van der Waals surface area contributed by atoms with Crippen LogP contribution in [0.15, 0.2) is 0 Å². The van der Waals surface area contributed by atoms with E-state index in [2.05, 4.69) is 5.32 Å². The van der Waals surface area contributed by atoms with E-state index in [-0.39, 0.29) is 6.03 Å². The number of hydrogen-bond acceptors (Lipinski definition) is 2. The van der Waals surface area contributed by atoms with Crippen LogP contribution in [0, 0.1) is 5.92 Å². The summed E-state index contributed by atoms with van der Waals surface area (Å²) in [5.41, 5.74) is 5.85.